The van der Waals surface area contributed by atoms with Crippen molar-refractivity contribution < 1.29 is 28.2 Å². The monoisotopic (exact) mass is 786 g/mol. The quantitative estimate of drug-likeness (QED) is 0.144. The first kappa shape index (κ1) is 35.9. The zero-order valence-electron chi connectivity index (χ0n) is 25.7. The van der Waals surface area contributed by atoms with Crippen molar-refractivity contribution in [2.24, 2.45) is 0 Å². The van der Waals surface area contributed by atoms with Gasteiger partial charge in [0.15, 0.2) is 5.75 Å². The van der Waals surface area contributed by atoms with E-state index in [0.717, 1.165) is 49.9 Å². The maximum atomic E-state index is 14.7. The molecule has 0 unspecified atom stereocenters. The Kier molecular flexibility index (Phi) is 10.6. The van der Waals surface area contributed by atoms with Crippen LogP contribution >= 0.6 is 58.0 Å². The number of carbonyl (C=O) groups is 1. The third-order valence-corrected chi connectivity index (χ3v) is 9.75. The summed E-state index contributed by atoms with van der Waals surface area (Å²) in [7, 11) is 0. The predicted molar refractivity (Wildman–Crippen MR) is 186 cm³/mol. The number of aromatic nitrogens is 4. The lowest BCUT2D eigenvalue weighted by Gasteiger charge is -2.17. The fourth-order valence-corrected chi connectivity index (χ4v) is 6.92. The fraction of sp³-hybridized carbons (Fsp3) is 0.242. The number of fused-ring (bicyclic) bond motifs is 2. The topological polar surface area (TPSA) is 110 Å². The number of phenolic OH excluding ortho intramolecular Hbond substituents is 1. The van der Waals surface area contributed by atoms with Crippen molar-refractivity contribution in [3.8, 4) is 39.5 Å². The van der Waals surface area contributed by atoms with Crippen molar-refractivity contribution in [2.45, 2.75) is 51.9 Å². The number of aromatic hydroxyl groups is 1. The van der Waals surface area contributed by atoms with E-state index in [2.05, 4.69) is 0 Å². The third-order valence-electron chi connectivity index (χ3n) is 8.13. The Morgan fingerprint density at radius 1 is 0.640 bits per heavy atom. The van der Waals surface area contributed by atoms with Crippen LogP contribution in [0.2, 0.25) is 25.4 Å². The highest BCUT2D eigenvalue weighted by Crippen LogP contribution is 2.37. The van der Waals surface area contributed by atoms with Gasteiger partial charge >= 0.3 is 6.16 Å². The lowest BCUT2D eigenvalue weighted by Crippen LogP contribution is -2.27. The molecule has 0 atom stereocenters. The standard InChI is InChI=1S/C20H14Cl3FN2O4.C13H11Cl2FN2O2/c21-11-3-5-12(6-4-11)29-20(28)30-16-9-13(15(24)10-14(16)22)17-18(23)25-7-1-2-8-26(25)19(17)27;14-8-6-9(16)7(5-10(8)19)11-12(15)17-3-1-2-4-18(17)13(11)20/h3-6,9-10H,1-2,7-8H2;5-6,19H,1-4H2. The second-order valence-corrected chi connectivity index (χ2v) is 13.3. The minimum atomic E-state index is -1.09. The summed E-state index contributed by atoms with van der Waals surface area (Å²) in [5.41, 5.74) is -0.859. The number of carbonyl (C=O) groups excluding carboxylic acids is 1. The number of rotatable bonds is 4. The molecular formula is C33H25Cl5F2N4O6. The first-order chi connectivity index (χ1) is 23.8. The first-order valence-electron chi connectivity index (χ1n) is 15.2. The Bertz CT molecular complexity index is 2250. The molecule has 2 aliphatic rings. The highest BCUT2D eigenvalue weighted by atomic mass is 35.5. The van der Waals surface area contributed by atoms with Gasteiger partial charge in [-0.05, 0) is 74.2 Å². The molecule has 2 aliphatic heterocycles. The molecule has 0 saturated carbocycles. The molecule has 4 heterocycles. The molecule has 0 spiro atoms. The van der Waals surface area contributed by atoms with Crippen molar-refractivity contribution in [1.82, 2.24) is 18.7 Å². The third kappa shape index (κ3) is 7.00. The Hall–Kier alpha value is -3.94. The van der Waals surface area contributed by atoms with Gasteiger partial charge < -0.3 is 14.6 Å². The number of halogens is 7. The van der Waals surface area contributed by atoms with Gasteiger partial charge in [0.25, 0.3) is 11.1 Å². The zero-order valence-corrected chi connectivity index (χ0v) is 29.5. The zero-order chi connectivity index (χ0) is 35.9. The number of hydrogen-bond acceptors (Lipinski definition) is 6. The lowest BCUT2D eigenvalue weighted by molar-refractivity contribution is 0.152. The second-order valence-electron chi connectivity index (χ2n) is 11.3. The highest BCUT2D eigenvalue weighted by molar-refractivity contribution is 6.34. The Balaban J connectivity index is 0.000000187. The van der Waals surface area contributed by atoms with Crippen molar-refractivity contribution in [3.05, 3.63) is 106 Å². The first-order valence-corrected chi connectivity index (χ1v) is 17.1. The minimum absolute atomic E-state index is 0.0105. The van der Waals surface area contributed by atoms with Crippen LogP contribution in [0.25, 0.3) is 22.3 Å². The van der Waals surface area contributed by atoms with Crippen LogP contribution in [-0.4, -0.2) is 30.0 Å². The van der Waals surface area contributed by atoms with E-state index in [-0.39, 0.29) is 65.4 Å². The normalized spacial score (nSPS) is 13.6. The summed E-state index contributed by atoms with van der Waals surface area (Å²) >= 11 is 30.0. The van der Waals surface area contributed by atoms with E-state index in [0.29, 0.717) is 31.2 Å². The van der Waals surface area contributed by atoms with E-state index in [1.807, 2.05) is 0 Å². The SMILES string of the molecule is O=C(Oc1ccc(Cl)cc1)Oc1cc(-c2c(Cl)n3n(c2=O)CCCC3)c(F)cc1Cl.O=c1c(-c2cc(O)c(Cl)cc2F)c(Cl)n2n1CCCC2. The molecule has 10 nitrogen and oxygen atoms in total. The van der Waals surface area contributed by atoms with Crippen molar-refractivity contribution >= 4 is 64.2 Å². The number of nitrogens with zero attached hydrogens (tertiary/aromatic N) is 4. The summed E-state index contributed by atoms with van der Waals surface area (Å²) in [4.78, 5) is 37.3. The number of hydrogen-bond donors (Lipinski definition) is 1. The van der Waals surface area contributed by atoms with Gasteiger partial charge in [-0.2, -0.15) is 0 Å². The Morgan fingerprint density at radius 2 is 1.10 bits per heavy atom. The van der Waals surface area contributed by atoms with E-state index in [9.17, 15) is 28.3 Å². The highest BCUT2D eigenvalue weighted by Gasteiger charge is 2.27. The Morgan fingerprint density at radius 3 is 1.60 bits per heavy atom. The van der Waals surface area contributed by atoms with Crippen LogP contribution in [0.4, 0.5) is 13.6 Å². The molecule has 2 aromatic heterocycles. The molecule has 17 heteroatoms. The smallest absolute Gasteiger partial charge is 0.506 e. The summed E-state index contributed by atoms with van der Waals surface area (Å²) in [5, 5.41) is 10.1. The predicted octanol–water partition coefficient (Wildman–Crippen LogP) is 9.05. The van der Waals surface area contributed by atoms with Gasteiger partial charge in [-0.3, -0.25) is 19.0 Å². The molecule has 0 bridgehead atoms. The molecule has 1 N–H and O–H groups in total. The van der Waals surface area contributed by atoms with E-state index in [1.165, 1.54) is 33.6 Å². The number of phenols is 1. The van der Waals surface area contributed by atoms with E-state index in [4.69, 9.17) is 67.5 Å². The van der Waals surface area contributed by atoms with Crippen molar-refractivity contribution in [3.63, 3.8) is 0 Å². The van der Waals surface area contributed by atoms with Crippen LogP contribution in [0.1, 0.15) is 25.7 Å². The number of benzene rings is 3. The largest absolute Gasteiger partial charge is 0.519 e. The molecule has 50 heavy (non-hydrogen) atoms. The van der Waals surface area contributed by atoms with Gasteiger partial charge in [-0.1, -0.05) is 58.0 Å². The molecule has 0 amide bonds. The van der Waals surface area contributed by atoms with Crippen LogP contribution in [-0.2, 0) is 26.2 Å². The summed E-state index contributed by atoms with van der Waals surface area (Å²) < 4.78 is 45.1. The summed E-state index contributed by atoms with van der Waals surface area (Å²) in [5.74, 6) is -1.70. The van der Waals surface area contributed by atoms with Gasteiger partial charge in [-0.25, -0.2) is 22.9 Å². The average molecular weight is 789 g/mol. The van der Waals surface area contributed by atoms with Gasteiger partial charge in [0.05, 0.1) is 21.2 Å². The molecule has 5 aromatic rings. The lowest BCUT2D eigenvalue weighted by atomic mass is 10.1. The van der Waals surface area contributed by atoms with Gasteiger partial charge in [0.2, 0.25) is 0 Å². The second kappa shape index (κ2) is 14.7. The van der Waals surface area contributed by atoms with Crippen LogP contribution in [0.5, 0.6) is 17.2 Å². The minimum Gasteiger partial charge on any atom is -0.506 e. The molecule has 262 valence electrons. The maximum Gasteiger partial charge on any atom is 0.519 e. The van der Waals surface area contributed by atoms with E-state index >= 15 is 0 Å². The van der Waals surface area contributed by atoms with Crippen molar-refractivity contribution in [1.29, 1.82) is 0 Å². The summed E-state index contributed by atoms with van der Waals surface area (Å²) in [6, 6.07) is 10.3. The molecule has 0 saturated heterocycles. The molecule has 0 radical (unpaired) electrons. The Labute approximate surface area is 307 Å². The molecular weight excluding hydrogens is 764 g/mol. The van der Waals surface area contributed by atoms with Crippen LogP contribution in [0.15, 0.2) is 58.1 Å². The van der Waals surface area contributed by atoms with Crippen LogP contribution in [0.3, 0.4) is 0 Å². The van der Waals surface area contributed by atoms with Gasteiger partial charge in [0, 0.05) is 42.3 Å². The van der Waals surface area contributed by atoms with E-state index < -0.39 is 23.3 Å². The summed E-state index contributed by atoms with van der Waals surface area (Å²) in [6.45, 7) is 2.22. The number of ether oxygens (including phenoxy) is 2. The van der Waals surface area contributed by atoms with Gasteiger partial charge in [0.1, 0.15) is 33.4 Å². The maximum absolute atomic E-state index is 14.7. The van der Waals surface area contributed by atoms with Crippen LogP contribution in [0, 0.1) is 11.6 Å². The van der Waals surface area contributed by atoms with Gasteiger partial charge in [-0.15, -0.1) is 0 Å². The molecule has 7 rings (SSSR count). The van der Waals surface area contributed by atoms with Crippen LogP contribution < -0.4 is 20.6 Å². The van der Waals surface area contributed by atoms with E-state index in [1.54, 1.807) is 9.36 Å². The molecule has 0 aliphatic carbocycles. The van der Waals surface area contributed by atoms with Crippen molar-refractivity contribution in [2.75, 3.05) is 0 Å². The molecule has 3 aromatic carbocycles. The summed E-state index contributed by atoms with van der Waals surface area (Å²) in [6.07, 6.45) is 2.40. The molecule has 0 fully saturated rings. The fourth-order valence-electron chi connectivity index (χ4n) is 5.74. The average Bonchev–Trinajstić information content (AvgIpc) is 3.49.